The second kappa shape index (κ2) is 5.88. The van der Waals surface area contributed by atoms with Crippen LogP contribution in [0.15, 0.2) is 0 Å². The van der Waals surface area contributed by atoms with Crippen LogP contribution in [-0.2, 0) is 11.3 Å². The third-order valence-corrected chi connectivity index (χ3v) is 2.63. The number of H-pyrrole nitrogens is 1. The zero-order valence-electron chi connectivity index (χ0n) is 9.44. The molecule has 7 heteroatoms. The maximum Gasteiger partial charge on any atom is 0.188 e. The number of morpholine rings is 1. The normalized spacial score (nSPS) is 23.2. The maximum atomic E-state index is 5.40. The summed E-state index contributed by atoms with van der Waals surface area (Å²) in [5.74, 6) is 0.694. The fraction of sp³-hybridized carbons (Fsp3) is 0.889. The summed E-state index contributed by atoms with van der Waals surface area (Å²) in [6.45, 7) is 5.36. The molecule has 1 aliphatic rings. The molecule has 0 amide bonds. The van der Waals surface area contributed by atoms with Crippen LogP contribution in [0.3, 0.4) is 0 Å². The Morgan fingerprint density at radius 3 is 3.25 bits per heavy atom. The van der Waals surface area contributed by atoms with Crippen molar-refractivity contribution in [1.29, 1.82) is 0 Å². The molecule has 90 valence electrons. The monoisotopic (exact) mass is 226 g/mol. The fourth-order valence-electron chi connectivity index (χ4n) is 1.80. The number of aromatic amines is 1. The number of hydrogen-bond donors (Lipinski definition) is 3. The van der Waals surface area contributed by atoms with Gasteiger partial charge in [0.1, 0.15) is 0 Å². The van der Waals surface area contributed by atoms with Gasteiger partial charge in [-0.2, -0.15) is 5.21 Å². The quantitative estimate of drug-likeness (QED) is 0.600. The van der Waals surface area contributed by atoms with Crippen molar-refractivity contribution in [3.63, 3.8) is 0 Å². The van der Waals surface area contributed by atoms with Gasteiger partial charge >= 0.3 is 0 Å². The third kappa shape index (κ3) is 3.51. The zero-order chi connectivity index (χ0) is 11.2. The second-order valence-corrected chi connectivity index (χ2v) is 4.07. The molecule has 2 rings (SSSR count). The van der Waals surface area contributed by atoms with Gasteiger partial charge in [0.2, 0.25) is 0 Å². The fourth-order valence-corrected chi connectivity index (χ4v) is 1.80. The van der Waals surface area contributed by atoms with E-state index in [1.54, 1.807) is 0 Å². The van der Waals surface area contributed by atoms with Crippen LogP contribution in [-0.4, -0.2) is 52.5 Å². The highest BCUT2D eigenvalue weighted by molar-refractivity contribution is 4.79. The van der Waals surface area contributed by atoms with Crippen molar-refractivity contribution < 1.29 is 4.74 Å². The highest BCUT2D eigenvalue weighted by Gasteiger charge is 2.16. The van der Waals surface area contributed by atoms with Gasteiger partial charge in [0.25, 0.3) is 0 Å². The van der Waals surface area contributed by atoms with Crippen LogP contribution in [0.25, 0.3) is 0 Å². The Labute approximate surface area is 94.3 Å². The summed E-state index contributed by atoms with van der Waals surface area (Å²) in [5, 5.41) is 20.5. The molecule has 1 fully saturated rings. The Bertz CT molecular complexity index is 284. The van der Waals surface area contributed by atoms with Gasteiger partial charge < -0.3 is 15.4 Å². The molecule has 0 bridgehead atoms. The molecule has 2 unspecified atom stereocenters. The highest BCUT2D eigenvalue weighted by Crippen LogP contribution is 2.02. The van der Waals surface area contributed by atoms with Gasteiger partial charge in [-0.05, 0) is 13.3 Å². The summed E-state index contributed by atoms with van der Waals surface area (Å²) >= 11 is 0. The van der Waals surface area contributed by atoms with Crippen molar-refractivity contribution in [2.75, 3.05) is 19.8 Å². The van der Waals surface area contributed by atoms with E-state index in [4.69, 9.17) is 4.74 Å². The summed E-state index contributed by atoms with van der Waals surface area (Å²) in [6, 6.07) is 0.846. The van der Waals surface area contributed by atoms with Crippen LogP contribution in [0.2, 0.25) is 0 Å². The van der Waals surface area contributed by atoms with Crippen molar-refractivity contribution in [3.05, 3.63) is 5.82 Å². The van der Waals surface area contributed by atoms with Crippen LogP contribution < -0.4 is 10.6 Å². The minimum Gasteiger partial charge on any atom is -0.379 e. The molecule has 0 radical (unpaired) electrons. The van der Waals surface area contributed by atoms with Crippen molar-refractivity contribution in [2.24, 2.45) is 0 Å². The zero-order valence-corrected chi connectivity index (χ0v) is 9.44. The topological polar surface area (TPSA) is 87.8 Å². The molecule has 0 aliphatic carbocycles. The number of ether oxygens (including phenoxy) is 1. The summed E-state index contributed by atoms with van der Waals surface area (Å²) < 4.78 is 5.40. The van der Waals surface area contributed by atoms with Crippen LogP contribution in [0, 0.1) is 0 Å². The Kier molecular flexibility index (Phi) is 4.20. The molecule has 0 aromatic carbocycles. The number of hydrogen-bond acceptors (Lipinski definition) is 6. The van der Waals surface area contributed by atoms with E-state index in [-0.39, 0.29) is 0 Å². The average Bonchev–Trinajstić information content (AvgIpc) is 2.81. The van der Waals surface area contributed by atoms with E-state index in [9.17, 15) is 0 Å². The Morgan fingerprint density at radius 2 is 2.56 bits per heavy atom. The predicted octanol–water partition coefficient (Wildman–Crippen LogP) is -0.944. The first kappa shape index (κ1) is 11.4. The van der Waals surface area contributed by atoms with Crippen LogP contribution in [0.1, 0.15) is 19.2 Å². The second-order valence-electron chi connectivity index (χ2n) is 4.07. The molecule has 1 aromatic heterocycles. The largest absolute Gasteiger partial charge is 0.379 e. The van der Waals surface area contributed by atoms with Gasteiger partial charge in [0.15, 0.2) is 5.82 Å². The number of aromatic nitrogens is 4. The van der Waals surface area contributed by atoms with Crippen LogP contribution >= 0.6 is 0 Å². The molecular formula is C9H18N6O. The first-order valence-electron chi connectivity index (χ1n) is 5.61. The molecule has 7 nitrogen and oxygen atoms in total. The summed E-state index contributed by atoms with van der Waals surface area (Å²) in [4.78, 5) is 0. The van der Waals surface area contributed by atoms with Crippen molar-refractivity contribution in [2.45, 2.75) is 32.0 Å². The summed E-state index contributed by atoms with van der Waals surface area (Å²) in [7, 11) is 0. The molecule has 0 saturated carbocycles. The van der Waals surface area contributed by atoms with Gasteiger partial charge in [-0.3, -0.25) is 0 Å². The standard InChI is InChI=1S/C9H18N6O/c1-7(4-8-6-16-3-2-10-8)11-5-9-12-14-15-13-9/h7-8,10-11H,2-6H2,1H3,(H,12,13,14,15). The minimum atomic E-state index is 0.401. The lowest BCUT2D eigenvalue weighted by atomic mass is 10.1. The predicted molar refractivity (Wildman–Crippen MR) is 57.7 cm³/mol. The van der Waals surface area contributed by atoms with Gasteiger partial charge in [-0.1, -0.05) is 5.21 Å². The van der Waals surface area contributed by atoms with Crippen molar-refractivity contribution in [3.8, 4) is 0 Å². The number of rotatable bonds is 5. The summed E-state index contributed by atoms with van der Waals surface area (Å²) in [6.07, 6.45) is 1.04. The molecule has 16 heavy (non-hydrogen) atoms. The molecule has 2 atom stereocenters. The maximum absolute atomic E-state index is 5.40. The number of tetrazole rings is 1. The van der Waals surface area contributed by atoms with Crippen LogP contribution in [0.4, 0.5) is 0 Å². The van der Waals surface area contributed by atoms with Crippen molar-refractivity contribution >= 4 is 0 Å². The molecule has 2 heterocycles. The van der Waals surface area contributed by atoms with E-state index in [2.05, 4.69) is 38.2 Å². The molecule has 1 aromatic rings. The van der Waals surface area contributed by atoms with Crippen molar-refractivity contribution in [1.82, 2.24) is 31.3 Å². The Hall–Kier alpha value is -1.05. The Morgan fingerprint density at radius 1 is 1.62 bits per heavy atom. The number of nitrogens with one attached hydrogen (secondary N) is 3. The molecule has 1 aliphatic heterocycles. The Balaban J connectivity index is 1.65. The van der Waals surface area contributed by atoms with Crippen LogP contribution in [0.5, 0.6) is 0 Å². The van der Waals surface area contributed by atoms with E-state index >= 15 is 0 Å². The lowest BCUT2D eigenvalue weighted by Gasteiger charge is -2.26. The van der Waals surface area contributed by atoms with E-state index in [0.29, 0.717) is 24.5 Å². The van der Waals surface area contributed by atoms with Gasteiger partial charge in [0, 0.05) is 18.6 Å². The molecule has 3 N–H and O–H groups in total. The first-order chi connectivity index (χ1) is 7.84. The number of nitrogens with zero attached hydrogens (tertiary/aromatic N) is 3. The molecular weight excluding hydrogens is 208 g/mol. The lowest BCUT2D eigenvalue weighted by molar-refractivity contribution is 0.0711. The van der Waals surface area contributed by atoms with Gasteiger partial charge in [-0.15, -0.1) is 10.2 Å². The van der Waals surface area contributed by atoms with Gasteiger partial charge in [0.05, 0.1) is 19.8 Å². The minimum absolute atomic E-state index is 0.401. The average molecular weight is 226 g/mol. The lowest BCUT2D eigenvalue weighted by Crippen LogP contribution is -2.44. The van der Waals surface area contributed by atoms with Gasteiger partial charge in [-0.25, -0.2) is 0 Å². The molecule has 0 spiro atoms. The first-order valence-corrected chi connectivity index (χ1v) is 5.61. The van der Waals surface area contributed by atoms with E-state index < -0.39 is 0 Å². The third-order valence-electron chi connectivity index (χ3n) is 2.63. The summed E-state index contributed by atoms with van der Waals surface area (Å²) in [5.41, 5.74) is 0. The van der Waals surface area contributed by atoms with E-state index in [1.165, 1.54) is 0 Å². The van der Waals surface area contributed by atoms with E-state index in [0.717, 1.165) is 26.2 Å². The SMILES string of the molecule is CC(CC1COCCN1)NCc1nn[nH]n1. The van der Waals surface area contributed by atoms with E-state index in [1.807, 2.05) is 0 Å². The smallest absolute Gasteiger partial charge is 0.188 e. The molecule has 1 saturated heterocycles. The highest BCUT2D eigenvalue weighted by atomic mass is 16.5.